The summed E-state index contributed by atoms with van der Waals surface area (Å²) in [4.78, 5) is 12.9. The second-order valence-electron chi connectivity index (χ2n) is 8.13. The van der Waals surface area contributed by atoms with E-state index in [4.69, 9.17) is 4.74 Å². The Kier molecular flexibility index (Phi) is 7.76. The summed E-state index contributed by atoms with van der Waals surface area (Å²) >= 11 is 0. The molecule has 0 atom stereocenters. The summed E-state index contributed by atoms with van der Waals surface area (Å²) in [5.41, 5.74) is 4.39. The topological polar surface area (TPSA) is 75.7 Å². The molecule has 0 aliphatic rings. The number of hydrogen-bond acceptors (Lipinski definition) is 4. The van der Waals surface area contributed by atoms with Gasteiger partial charge in [-0.15, -0.1) is 0 Å². The van der Waals surface area contributed by atoms with E-state index in [0.29, 0.717) is 5.69 Å². The van der Waals surface area contributed by atoms with E-state index in [1.54, 1.807) is 36.4 Å². The maximum atomic E-state index is 13.4. The van der Waals surface area contributed by atoms with Crippen molar-refractivity contribution < 1.29 is 17.9 Å². The van der Waals surface area contributed by atoms with Crippen LogP contribution in [0.2, 0.25) is 0 Å². The van der Waals surface area contributed by atoms with Crippen LogP contribution in [0.3, 0.4) is 0 Å². The van der Waals surface area contributed by atoms with E-state index < -0.39 is 15.9 Å². The minimum atomic E-state index is -3.93. The van der Waals surface area contributed by atoms with E-state index in [0.717, 1.165) is 32.3 Å². The van der Waals surface area contributed by atoms with Gasteiger partial charge in [0.2, 0.25) is 5.91 Å². The summed E-state index contributed by atoms with van der Waals surface area (Å²) < 4.78 is 33.8. The Labute approximate surface area is 196 Å². The van der Waals surface area contributed by atoms with E-state index in [-0.39, 0.29) is 24.6 Å². The van der Waals surface area contributed by atoms with Gasteiger partial charge in [0.05, 0.1) is 17.1 Å². The number of amides is 1. The number of anilines is 1. The molecule has 174 valence electrons. The number of benzene rings is 3. The van der Waals surface area contributed by atoms with Gasteiger partial charge in [0.1, 0.15) is 18.9 Å². The summed E-state index contributed by atoms with van der Waals surface area (Å²) in [5, 5.41) is 2.76. The molecular formula is C26H30N2O4S. The minimum absolute atomic E-state index is 0.141. The van der Waals surface area contributed by atoms with Crippen molar-refractivity contribution in [3.63, 3.8) is 0 Å². The van der Waals surface area contributed by atoms with Crippen LogP contribution in [0.5, 0.6) is 5.75 Å². The fourth-order valence-electron chi connectivity index (χ4n) is 3.54. The van der Waals surface area contributed by atoms with Crippen molar-refractivity contribution >= 4 is 21.6 Å². The third kappa shape index (κ3) is 6.35. The van der Waals surface area contributed by atoms with Crippen molar-refractivity contribution in [3.8, 4) is 5.75 Å². The predicted octanol–water partition coefficient (Wildman–Crippen LogP) is 4.31. The first-order valence-electron chi connectivity index (χ1n) is 10.8. The number of rotatable bonds is 9. The highest BCUT2D eigenvalue weighted by atomic mass is 32.2. The lowest BCUT2D eigenvalue weighted by molar-refractivity contribution is -0.119. The van der Waals surface area contributed by atoms with Crippen LogP contribution in [-0.4, -0.2) is 34.0 Å². The Morgan fingerprint density at radius 2 is 1.52 bits per heavy atom. The molecule has 3 rings (SSSR count). The zero-order chi connectivity index (χ0) is 24.0. The van der Waals surface area contributed by atoms with Crippen molar-refractivity contribution in [1.29, 1.82) is 0 Å². The molecule has 0 aliphatic heterocycles. The lowest BCUT2D eigenvalue weighted by Crippen LogP contribution is -2.42. The second-order valence-corrected chi connectivity index (χ2v) is 10.00. The summed E-state index contributed by atoms with van der Waals surface area (Å²) in [7, 11) is -3.93. The van der Waals surface area contributed by atoms with Crippen LogP contribution in [0.25, 0.3) is 0 Å². The van der Waals surface area contributed by atoms with Crippen LogP contribution in [0.15, 0.2) is 71.6 Å². The zero-order valence-corrected chi connectivity index (χ0v) is 20.3. The van der Waals surface area contributed by atoms with Gasteiger partial charge in [-0.05, 0) is 74.7 Å². The van der Waals surface area contributed by atoms with Crippen LogP contribution >= 0.6 is 0 Å². The number of sulfonamides is 1. The van der Waals surface area contributed by atoms with Crippen LogP contribution in [-0.2, 0) is 14.8 Å². The van der Waals surface area contributed by atoms with E-state index >= 15 is 0 Å². The molecule has 0 aliphatic carbocycles. The van der Waals surface area contributed by atoms with Crippen molar-refractivity contribution in [1.82, 2.24) is 5.32 Å². The van der Waals surface area contributed by atoms with Crippen LogP contribution in [0.1, 0.15) is 22.3 Å². The molecule has 0 spiro atoms. The number of aryl methyl sites for hydroxylation is 4. The average molecular weight is 467 g/mol. The Morgan fingerprint density at radius 1 is 0.879 bits per heavy atom. The van der Waals surface area contributed by atoms with Gasteiger partial charge in [-0.1, -0.05) is 42.0 Å². The highest BCUT2D eigenvalue weighted by Gasteiger charge is 2.28. The number of nitrogens with zero attached hydrogens (tertiary/aromatic N) is 1. The number of hydrogen-bond donors (Lipinski definition) is 1. The lowest BCUT2D eigenvalue weighted by Gasteiger charge is -2.25. The molecule has 0 saturated carbocycles. The molecule has 0 heterocycles. The first kappa shape index (κ1) is 24.3. The highest BCUT2D eigenvalue weighted by Crippen LogP contribution is 2.26. The molecule has 0 unspecified atom stereocenters. The number of nitrogens with one attached hydrogen (secondary N) is 1. The fourth-order valence-corrected chi connectivity index (χ4v) is 5.03. The van der Waals surface area contributed by atoms with Crippen molar-refractivity contribution in [2.75, 3.05) is 24.0 Å². The van der Waals surface area contributed by atoms with Crippen molar-refractivity contribution in [2.45, 2.75) is 32.6 Å². The maximum Gasteiger partial charge on any atom is 0.264 e. The van der Waals surface area contributed by atoms with Gasteiger partial charge in [0, 0.05) is 0 Å². The van der Waals surface area contributed by atoms with E-state index in [1.165, 1.54) is 0 Å². The quantitative estimate of drug-likeness (QED) is 0.477. The number of carbonyl (C=O) groups is 1. The van der Waals surface area contributed by atoms with Gasteiger partial charge in [-0.25, -0.2) is 8.42 Å². The number of carbonyl (C=O) groups excluding carboxylic acids is 1. The van der Waals surface area contributed by atoms with Crippen molar-refractivity contribution in [3.05, 3.63) is 89.0 Å². The summed E-state index contributed by atoms with van der Waals surface area (Å²) in [6.45, 7) is 7.92. The molecule has 7 heteroatoms. The van der Waals surface area contributed by atoms with E-state index in [9.17, 15) is 13.2 Å². The van der Waals surface area contributed by atoms with Crippen molar-refractivity contribution in [2.24, 2.45) is 0 Å². The SMILES string of the molecule is Cc1ccc(S(=O)(=O)N(CC(=O)NCCOc2cc(C)cc(C)c2)c2ccccc2C)cc1. The molecule has 0 aromatic heterocycles. The largest absolute Gasteiger partial charge is 0.492 e. The normalized spacial score (nSPS) is 11.2. The van der Waals surface area contributed by atoms with Gasteiger partial charge in [-0.3, -0.25) is 9.10 Å². The van der Waals surface area contributed by atoms with Crippen LogP contribution in [0.4, 0.5) is 5.69 Å². The Morgan fingerprint density at radius 3 is 2.15 bits per heavy atom. The Bertz CT molecular complexity index is 1200. The summed E-state index contributed by atoms with van der Waals surface area (Å²) in [6, 6.07) is 19.7. The molecule has 33 heavy (non-hydrogen) atoms. The minimum Gasteiger partial charge on any atom is -0.492 e. The molecule has 0 bridgehead atoms. The fraction of sp³-hybridized carbons (Fsp3) is 0.269. The predicted molar refractivity (Wildman–Crippen MR) is 131 cm³/mol. The molecule has 1 amide bonds. The summed E-state index contributed by atoms with van der Waals surface area (Å²) in [5.74, 6) is 0.336. The summed E-state index contributed by atoms with van der Waals surface area (Å²) in [6.07, 6.45) is 0. The molecule has 0 saturated heterocycles. The van der Waals surface area contributed by atoms with Gasteiger partial charge < -0.3 is 10.1 Å². The average Bonchev–Trinajstić information content (AvgIpc) is 2.75. The smallest absolute Gasteiger partial charge is 0.264 e. The van der Waals surface area contributed by atoms with Crippen LogP contribution in [0, 0.1) is 27.7 Å². The molecule has 1 N–H and O–H groups in total. The third-order valence-corrected chi connectivity index (χ3v) is 6.94. The highest BCUT2D eigenvalue weighted by molar-refractivity contribution is 7.92. The zero-order valence-electron chi connectivity index (χ0n) is 19.5. The van der Waals surface area contributed by atoms with Gasteiger partial charge >= 0.3 is 0 Å². The molecular weight excluding hydrogens is 436 g/mol. The second kappa shape index (κ2) is 10.5. The lowest BCUT2D eigenvalue weighted by atomic mass is 10.1. The first-order valence-corrected chi connectivity index (χ1v) is 12.2. The monoisotopic (exact) mass is 466 g/mol. The number of para-hydroxylation sites is 1. The van der Waals surface area contributed by atoms with Gasteiger partial charge in [-0.2, -0.15) is 0 Å². The van der Waals surface area contributed by atoms with E-state index in [1.807, 2.05) is 52.0 Å². The third-order valence-electron chi connectivity index (χ3n) is 5.17. The molecule has 3 aromatic carbocycles. The maximum absolute atomic E-state index is 13.4. The van der Waals surface area contributed by atoms with Crippen LogP contribution < -0.4 is 14.4 Å². The molecule has 0 radical (unpaired) electrons. The Balaban J connectivity index is 1.71. The molecule has 6 nitrogen and oxygen atoms in total. The molecule has 3 aromatic rings. The van der Waals surface area contributed by atoms with Gasteiger partial charge in [0.15, 0.2) is 0 Å². The molecule has 0 fully saturated rings. The number of ether oxygens (including phenoxy) is 1. The van der Waals surface area contributed by atoms with E-state index in [2.05, 4.69) is 11.4 Å². The first-order chi connectivity index (χ1) is 15.7. The van der Waals surface area contributed by atoms with Gasteiger partial charge in [0.25, 0.3) is 10.0 Å². The standard InChI is InChI=1S/C26H30N2O4S/c1-19-9-11-24(12-10-19)33(30,31)28(25-8-6-5-7-22(25)4)18-26(29)27-13-14-32-23-16-20(2)15-21(3)17-23/h5-12,15-17H,13-14,18H2,1-4H3,(H,27,29). The Hall–Kier alpha value is -3.32.